The number of rotatable bonds is 7. The van der Waals surface area contributed by atoms with Gasteiger partial charge in [0, 0.05) is 17.9 Å². The molecule has 0 aliphatic heterocycles. The van der Waals surface area contributed by atoms with Gasteiger partial charge in [-0.15, -0.1) is 19.0 Å². The number of carbonyl (C=O) groups excluding carboxylic acids is 2. The van der Waals surface area contributed by atoms with Gasteiger partial charge in [-0.25, -0.2) is 4.79 Å². The first-order valence-electron chi connectivity index (χ1n) is 7.25. The van der Waals surface area contributed by atoms with Crippen LogP contribution < -0.4 is 21.7 Å². The van der Waals surface area contributed by atoms with E-state index in [1.807, 2.05) is 6.92 Å². The average Bonchev–Trinajstić information content (AvgIpc) is 2.47. The highest BCUT2D eigenvalue weighted by Crippen LogP contribution is 2.16. The summed E-state index contributed by atoms with van der Waals surface area (Å²) in [4.78, 5) is 23.6. The van der Waals surface area contributed by atoms with Crippen LogP contribution in [0.1, 0.15) is 26.7 Å². The quantitative estimate of drug-likeness (QED) is 0.574. The lowest BCUT2D eigenvalue weighted by Gasteiger charge is -2.22. The van der Waals surface area contributed by atoms with Crippen molar-refractivity contribution in [1.82, 2.24) is 5.32 Å². The van der Waals surface area contributed by atoms with Crippen molar-refractivity contribution in [2.24, 2.45) is 5.73 Å². The zero-order valence-electron chi connectivity index (χ0n) is 13.5. The lowest BCUT2D eigenvalue weighted by atomic mass is 9.96. The SMILES string of the molecule is C=CCNC(=O)Nc1ccc(NC(=O)C(C)(N)CCC)cc1.Cl. The molecule has 23 heavy (non-hydrogen) atoms. The Balaban J connectivity index is 0.00000484. The second-order valence-electron chi connectivity index (χ2n) is 5.32. The molecule has 0 bridgehead atoms. The Morgan fingerprint density at radius 2 is 1.74 bits per heavy atom. The Morgan fingerprint density at radius 1 is 1.22 bits per heavy atom. The van der Waals surface area contributed by atoms with E-state index in [1.54, 1.807) is 37.3 Å². The third-order valence-corrected chi connectivity index (χ3v) is 3.10. The summed E-state index contributed by atoms with van der Waals surface area (Å²) in [5.74, 6) is -0.223. The minimum absolute atomic E-state index is 0. The van der Waals surface area contributed by atoms with Crippen LogP contribution in [0, 0.1) is 0 Å². The van der Waals surface area contributed by atoms with Crippen molar-refractivity contribution in [2.45, 2.75) is 32.2 Å². The normalized spacial score (nSPS) is 12.3. The molecule has 0 saturated carbocycles. The Bertz CT molecular complexity index is 529. The number of carbonyl (C=O) groups is 2. The molecule has 3 amide bonds. The zero-order valence-corrected chi connectivity index (χ0v) is 14.3. The zero-order chi connectivity index (χ0) is 16.6. The number of nitrogens with two attached hydrogens (primary N) is 1. The Kier molecular flexibility index (Phi) is 8.98. The van der Waals surface area contributed by atoms with E-state index < -0.39 is 5.54 Å². The predicted molar refractivity (Wildman–Crippen MR) is 97.0 cm³/mol. The highest BCUT2D eigenvalue weighted by molar-refractivity contribution is 5.98. The number of urea groups is 1. The molecule has 0 radical (unpaired) electrons. The smallest absolute Gasteiger partial charge is 0.319 e. The lowest BCUT2D eigenvalue weighted by Crippen LogP contribution is -2.48. The van der Waals surface area contributed by atoms with Crippen LogP contribution in [0.2, 0.25) is 0 Å². The molecule has 5 N–H and O–H groups in total. The summed E-state index contributed by atoms with van der Waals surface area (Å²) in [6.45, 7) is 7.61. The van der Waals surface area contributed by atoms with Crippen molar-refractivity contribution in [3.8, 4) is 0 Å². The minimum Gasteiger partial charge on any atom is -0.334 e. The van der Waals surface area contributed by atoms with Gasteiger partial charge in [0.1, 0.15) is 0 Å². The van der Waals surface area contributed by atoms with Crippen LogP contribution in [-0.2, 0) is 4.79 Å². The van der Waals surface area contributed by atoms with Gasteiger partial charge in [-0.2, -0.15) is 0 Å². The number of hydrogen-bond acceptors (Lipinski definition) is 3. The number of anilines is 2. The topological polar surface area (TPSA) is 96.2 Å². The van der Waals surface area contributed by atoms with Crippen LogP contribution in [0.15, 0.2) is 36.9 Å². The molecule has 1 rings (SSSR count). The van der Waals surface area contributed by atoms with Crippen LogP contribution >= 0.6 is 12.4 Å². The summed E-state index contributed by atoms with van der Waals surface area (Å²) in [5.41, 5.74) is 6.35. The van der Waals surface area contributed by atoms with Crippen molar-refractivity contribution in [3.63, 3.8) is 0 Å². The minimum atomic E-state index is -0.893. The number of halogens is 1. The molecular formula is C16H25ClN4O2. The molecule has 0 fully saturated rings. The summed E-state index contributed by atoms with van der Waals surface area (Å²) >= 11 is 0. The van der Waals surface area contributed by atoms with Crippen LogP contribution in [0.25, 0.3) is 0 Å². The monoisotopic (exact) mass is 340 g/mol. The van der Waals surface area contributed by atoms with E-state index in [2.05, 4.69) is 22.5 Å². The summed E-state index contributed by atoms with van der Waals surface area (Å²) in [5, 5.41) is 8.06. The van der Waals surface area contributed by atoms with E-state index in [0.29, 0.717) is 24.3 Å². The maximum atomic E-state index is 12.1. The van der Waals surface area contributed by atoms with Gasteiger partial charge in [-0.05, 0) is 37.6 Å². The van der Waals surface area contributed by atoms with E-state index in [0.717, 1.165) is 6.42 Å². The van der Waals surface area contributed by atoms with Gasteiger partial charge in [0.2, 0.25) is 5.91 Å². The van der Waals surface area contributed by atoms with Gasteiger partial charge in [0.25, 0.3) is 0 Å². The Labute approximate surface area is 143 Å². The first-order chi connectivity index (χ1) is 10.4. The van der Waals surface area contributed by atoms with Gasteiger partial charge in [0.05, 0.1) is 5.54 Å². The van der Waals surface area contributed by atoms with Gasteiger partial charge < -0.3 is 21.7 Å². The third kappa shape index (κ3) is 7.17. The summed E-state index contributed by atoms with van der Waals surface area (Å²) in [6.07, 6.45) is 3.05. The van der Waals surface area contributed by atoms with Crippen LogP contribution in [0.4, 0.5) is 16.2 Å². The molecule has 0 aliphatic carbocycles. The van der Waals surface area contributed by atoms with Crippen LogP contribution in [0.5, 0.6) is 0 Å². The summed E-state index contributed by atoms with van der Waals surface area (Å²) < 4.78 is 0. The molecule has 6 nitrogen and oxygen atoms in total. The molecule has 1 aromatic carbocycles. The molecular weight excluding hydrogens is 316 g/mol. The molecule has 1 unspecified atom stereocenters. The largest absolute Gasteiger partial charge is 0.334 e. The first kappa shape index (κ1) is 20.9. The van der Waals surface area contributed by atoms with Crippen LogP contribution in [-0.4, -0.2) is 24.0 Å². The highest BCUT2D eigenvalue weighted by atomic mass is 35.5. The fourth-order valence-corrected chi connectivity index (χ4v) is 1.88. The number of hydrogen-bond donors (Lipinski definition) is 4. The second kappa shape index (κ2) is 9.86. The van der Waals surface area contributed by atoms with E-state index >= 15 is 0 Å². The van der Waals surface area contributed by atoms with Gasteiger partial charge in [0.15, 0.2) is 0 Å². The Morgan fingerprint density at radius 3 is 2.22 bits per heavy atom. The summed E-state index contributed by atoms with van der Waals surface area (Å²) in [7, 11) is 0. The van der Waals surface area contributed by atoms with E-state index in [9.17, 15) is 9.59 Å². The van der Waals surface area contributed by atoms with Gasteiger partial charge in [-0.1, -0.05) is 19.4 Å². The first-order valence-corrected chi connectivity index (χ1v) is 7.25. The fourth-order valence-electron chi connectivity index (χ4n) is 1.88. The van der Waals surface area contributed by atoms with E-state index in [1.165, 1.54) is 0 Å². The lowest BCUT2D eigenvalue weighted by molar-refractivity contribution is -0.120. The molecule has 0 spiro atoms. The number of benzene rings is 1. The molecule has 0 heterocycles. The molecule has 0 aromatic heterocycles. The molecule has 1 atom stereocenters. The highest BCUT2D eigenvalue weighted by Gasteiger charge is 2.27. The molecule has 7 heteroatoms. The fraction of sp³-hybridized carbons (Fsp3) is 0.375. The number of amides is 3. The van der Waals surface area contributed by atoms with Gasteiger partial charge >= 0.3 is 6.03 Å². The maximum Gasteiger partial charge on any atom is 0.319 e. The van der Waals surface area contributed by atoms with Crippen molar-refractivity contribution >= 4 is 35.7 Å². The third-order valence-electron chi connectivity index (χ3n) is 3.10. The second-order valence-corrected chi connectivity index (χ2v) is 5.32. The predicted octanol–water partition coefficient (Wildman–Crippen LogP) is 2.87. The maximum absolute atomic E-state index is 12.1. The van der Waals surface area contributed by atoms with Crippen molar-refractivity contribution < 1.29 is 9.59 Å². The van der Waals surface area contributed by atoms with E-state index in [4.69, 9.17) is 5.73 Å². The van der Waals surface area contributed by atoms with Crippen LogP contribution in [0.3, 0.4) is 0 Å². The van der Waals surface area contributed by atoms with Crippen molar-refractivity contribution in [2.75, 3.05) is 17.2 Å². The van der Waals surface area contributed by atoms with Crippen molar-refractivity contribution in [3.05, 3.63) is 36.9 Å². The Hall–Kier alpha value is -2.05. The standard InChI is InChI=1S/C16H24N4O2.ClH/c1-4-10-16(3,17)14(21)19-12-6-8-13(9-7-12)20-15(22)18-11-5-2;/h5-9H,2,4,10-11,17H2,1,3H3,(H,19,21)(H2,18,20,22);1H. The van der Waals surface area contributed by atoms with E-state index in [-0.39, 0.29) is 24.3 Å². The average molecular weight is 341 g/mol. The molecule has 1 aromatic rings. The molecule has 0 aliphatic rings. The number of nitrogens with one attached hydrogen (secondary N) is 3. The molecule has 0 saturated heterocycles. The van der Waals surface area contributed by atoms with Gasteiger partial charge in [-0.3, -0.25) is 4.79 Å². The summed E-state index contributed by atoms with van der Waals surface area (Å²) in [6, 6.07) is 6.52. The molecule has 128 valence electrons. The van der Waals surface area contributed by atoms with Crippen molar-refractivity contribution in [1.29, 1.82) is 0 Å².